The first kappa shape index (κ1) is 11.6. The van der Waals surface area contributed by atoms with Crippen molar-refractivity contribution in [3.05, 3.63) is 42.2 Å². The van der Waals surface area contributed by atoms with Crippen molar-refractivity contribution in [3.8, 4) is 17.1 Å². The van der Waals surface area contributed by atoms with Crippen molar-refractivity contribution in [2.45, 2.75) is 19.8 Å². The van der Waals surface area contributed by atoms with Gasteiger partial charge in [0.1, 0.15) is 0 Å². The Morgan fingerprint density at radius 1 is 1.12 bits per heavy atom. The fraction of sp³-hybridized carbons (Fsp3) is 0.286. The van der Waals surface area contributed by atoms with Gasteiger partial charge in [0, 0.05) is 23.5 Å². The number of pyridine rings is 2. The summed E-state index contributed by atoms with van der Waals surface area (Å²) in [5, 5.41) is 0. The number of rotatable bonds is 3. The van der Waals surface area contributed by atoms with Gasteiger partial charge in [-0.25, -0.2) is 4.98 Å². The van der Waals surface area contributed by atoms with Crippen molar-refractivity contribution in [2.24, 2.45) is 0 Å². The maximum atomic E-state index is 5.11. The van der Waals surface area contributed by atoms with Crippen LogP contribution in [0.15, 0.2) is 36.5 Å². The van der Waals surface area contributed by atoms with E-state index in [1.165, 1.54) is 0 Å². The van der Waals surface area contributed by atoms with E-state index in [4.69, 9.17) is 4.74 Å². The highest BCUT2D eigenvalue weighted by molar-refractivity contribution is 5.58. The van der Waals surface area contributed by atoms with E-state index < -0.39 is 0 Å². The van der Waals surface area contributed by atoms with Crippen LogP contribution in [0.4, 0.5) is 0 Å². The molecule has 88 valence electrons. The van der Waals surface area contributed by atoms with Crippen molar-refractivity contribution < 1.29 is 4.74 Å². The minimum absolute atomic E-state index is 0.447. The Bertz CT molecular complexity index is 492. The van der Waals surface area contributed by atoms with Crippen LogP contribution in [0.1, 0.15) is 25.5 Å². The molecule has 0 atom stereocenters. The lowest BCUT2D eigenvalue weighted by Crippen LogP contribution is -1.93. The summed E-state index contributed by atoms with van der Waals surface area (Å²) in [7, 11) is 1.62. The third-order valence-electron chi connectivity index (χ3n) is 2.61. The zero-order valence-corrected chi connectivity index (χ0v) is 10.3. The highest BCUT2D eigenvalue weighted by atomic mass is 16.5. The lowest BCUT2D eigenvalue weighted by Gasteiger charge is -2.06. The lowest BCUT2D eigenvalue weighted by atomic mass is 10.1. The minimum Gasteiger partial charge on any atom is -0.481 e. The van der Waals surface area contributed by atoms with Crippen LogP contribution in [0.25, 0.3) is 11.3 Å². The Hall–Kier alpha value is -1.90. The molecule has 0 amide bonds. The van der Waals surface area contributed by atoms with Crippen LogP contribution in [0.2, 0.25) is 0 Å². The van der Waals surface area contributed by atoms with E-state index in [0.717, 1.165) is 17.0 Å². The Morgan fingerprint density at radius 3 is 2.53 bits per heavy atom. The molecule has 3 heteroatoms. The quantitative estimate of drug-likeness (QED) is 0.808. The molecular weight excluding hydrogens is 212 g/mol. The summed E-state index contributed by atoms with van der Waals surface area (Å²) < 4.78 is 5.11. The van der Waals surface area contributed by atoms with Gasteiger partial charge < -0.3 is 4.74 Å². The zero-order chi connectivity index (χ0) is 12.3. The second-order valence-corrected chi connectivity index (χ2v) is 4.19. The molecule has 3 nitrogen and oxygen atoms in total. The lowest BCUT2D eigenvalue weighted by molar-refractivity contribution is 0.398. The molecule has 2 aromatic heterocycles. The van der Waals surface area contributed by atoms with Crippen LogP contribution in [0.5, 0.6) is 5.88 Å². The number of nitrogens with zero attached hydrogens (tertiary/aromatic N) is 2. The molecule has 0 N–H and O–H groups in total. The normalized spacial score (nSPS) is 10.6. The Morgan fingerprint density at radius 2 is 1.94 bits per heavy atom. The molecule has 0 fully saturated rings. The first-order chi connectivity index (χ1) is 8.20. The summed E-state index contributed by atoms with van der Waals surface area (Å²) in [6.07, 6.45) is 1.86. The van der Waals surface area contributed by atoms with Crippen LogP contribution in [0.3, 0.4) is 0 Å². The van der Waals surface area contributed by atoms with E-state index in [-0.39, 0.29) is 0 Å². The van der Waals surface area contributed by atoms with Gasteiger partial charge in [0.05, 0.1) is 12.8 Å². The SMILES string of the molecule is COc1cccc(-c2ccc(C(C)C)nc2)n1. The molecule has 2 aromatic rings. The Kier molecular flexibility index (Phi) is 3.38. The second kappa shape index (κ2) is 4.95. The summed E-state index contributed by atoms with van der Waals surface area (Å²) in [5.74, 6) is 1.07. The highest BCUT2D eigenvalue weighted by Gasteiger charge is 2.04. The molecule has 0 saturated heterocycles. The first-order valence-electron chi connectivity index (χ1n) is 5.68. The number of hydrogen-bond acceptors (Lipinski definition) is 3. The van der Waals surface area contributed by atoms with Crippen LogP contribution in [-0.4, -0.2) is 17.1 Å². The smallest absolute Gasteiger partial charge is 0.213 e. The van der Waals surface area contributed by atoms with Crippen molar-refractivity contribution >= 4 is 0 Å². The molecule has 0 spiro atoms. The monoisotopic (exact) mass is 228 g/mol. The summed E-state index contributed by atoms with van der Waals surface area (Å²) in [6, 6.07) is 9.80. The van der Waals surface area contributed by atoms with Crippen LogP contribution in [0, 0.1) is 0 Å². The number of hydrogen-bond donors (Lipinski definition) is 0. The topological polar surface area (TPSA) is 35.0 Å². The van der Waals surface area contributed by atoms with E-state index in [1.807, 2.05) is 36.5 Å². The maximum absolute atomic E-state index is 5.11. The number of aromatic nitrogens is 2. The third-order valence-corrected chi connectivity index (χ3v) is 2.61. The minimum atomic E-state index is 0.447. The van der Waals surface area contributed by atoms with E-state index in [0.29, 0.717) is 11.8 Å². The molecule has 0 aliphatic rings. The Labute approximate surface area is 102 Å². The van der Waals surface area contributed by atoms with Crippen molar-refractivity contribution in [3.63, 3.8) is 0 Å². The Balaban J connectivity index is 2.32. The van der Waals surface area contributed by atoms with Crippen molar-refractivity contribution in [1.82, 2.24) is 9.97 Å². The van der Waals surface area contributed by atoms with Crippen LogP contribution in [-0.2, 0) is 0 Å². The summed E-state index contributed by atoms with van der Waals surface area (Å²) >= 11 is 0. The molecule has 2 heterocycles. The zero-order valence-electron chi connectivity index (χ0n) is 10.3. The average molecular weight is 228 g/mol. The number of ether oxygens (including phenoxy) is 1. The molecule has 0 aliphatic heterocycles. The van der Waals surface area contributed by atoms with Gasteiger partial charge in [-0.05, 0) is 24.1 Å². The molecule has 0 radical (unpaired) electrons. The molecule has 0 aromatic carbocycles. The van der Waals surface area contributed by atoms with E-state index in [9.17, 15) is 0 Å². The van der Waals surface area contributed by atoms with Gasteiger partial charge in [0.2, 0.25) is 5.88 Å². The van der Waals surface area contributed by atoms with Crippen LogP contribution >= 0.6 is 0 Å². The summed E-state index contributed by atoms with van der Waals surface area (Å²) in [6.45, 7) is 4.26. The van der Waals surface area contributed by atoms with Gasteiger partial charge in [-0.1, -0.05) is 19.9 Å². The molecule has 0 saturated carbocycles. The van der Waals surface area contributed by atoms with Gasteiger partial charge in [-0.3, -0.25) is 4.98 Å². The largest absolute Gasteiger partial charge is 0.481 e. The first-order valence-corrected chi connectivity index (χ1v) is 5.68. The predicted octanol–water partition coefficient (Wildman–Crippen LogP) is 3.28. The van der Waals surface area contributed by atoms with E-state index in [2.05, 4.69) is 23.8 Å². The molecule has 0 aliphatic carbocycles. The predicted molar refractivity (Wildman–Crippen MR) is 68.1 cm³/mol. The molecule has 0 bridgehead atoms. The average Bonchev–Trinajstić information content (AvgIpc) is 2.39. The van der Waals surface area contributed by atoms with Crippen molar-refractivity contribution in [1.29, 1.82) is 0 Å². The summed E-state index contributed by atoms with van der Waals surface area (Å²) in [4.78, 5) is 8.80. The molecule has 0 unspecified atom stereocenters. The van der Waals surface area contributed by atoms with Gasteiger partial charge in [-0.15, -0.1) is 0 Å². The molecular formula is C14H16N2O. The molecule has 17 heavy (non-hydrogen) atoms. The van der Waals surface area contributed by atoms with E-state index in [1.54, 1.807) is 7.11 Å². The highest BCUT2D eigenvalue weighted by Crippen LogP contribution is 2.20. The fourth-order valence-corrected chi connectivity index (χ4v) is 1.59. The van der Waals surface area contributed by atoms with Gasteiger partial charge >= 0.3 is 0 Å². The third kappa shape index (κ3) is 2.61. The van der Waals surface area contributed by atoms with E-state index >= 15 is 0 Å². The molecule has 2 rings (SSSR count). The second-order valence-electron chi connectivity index (χ2n) is 4.19. The maximum Gasteiger partial charge on any atom is 0.213 e. The van der Waals surface area contributed by atoms with Gasteiger partial charge in [-0.2, -0.15) is 0 Å². The van der Waals surface area contributed by atoms with Gasteiger partial charge in [0.25, 0.3) is 0 Å². The van der Waals surface area contributed by atoms with Crippen molar-refractivity contribution in [2.75, 3.05) is 7.11 Å². The fourth-order valence-electron chi connectivity index (χ4n) is 1.59. The van der Waals surface area contributed by atoms with Crippen LogP contribution < -0.4 is 4.74 Å². The number of methoxy groups -OCH3 is 1. The standard InChI is InChI=1S/C14H16N2O/c1-10(2)12-8-7-11(9-15-12)13-5-4-6-14(16-13)17-3/h4-10H,1-3H3. The van der Waals surface area contributed by atoms with Gasteiger partial charge in [0.15, 0.2) is 0 Å². The summed E-state index contributed by atoms with van der Waals surface area (Å²) in [5.41, 5.74) is 2.98.